The molecule has 1 unspecified atom stereocenters. The van der Waals surface area contributed by atoms with Gasteiger partial charge in [0.2, 0.25) is 0 Å². The Hall–Kier alpha value is -0.190. The van der Waals surface area contributed by atoms with E-state index in [1.807, 2.05) is 12.3 Å². The number of nitrogens with one attached hydrogen (secondary N) is 1. The van der Waals surface area contributed by atoms with Crippen LogP contribution in [0.1, 0.15) is 38.4 Å². The van der Waals surface area contributed by atoms with E-state index < -0.39 is 0 Å². The van der Waals surface area contributed by atoms with Gasteiger partial charge in [-0.3, -0.25) is 4.98 Å². The Balaban J connectivity index is 2.92. The Morgan fingerprint density at radius 2 is 2.18 bits per heavy atom. The van der Waals surface area contributed by atoms with Gasteiger partial charge < -0.3 is 5.32 Å². The molecule has 0 amide bonds. The van der Waals surface area contributed by atoms with Crippen LogP contribution in [0, 0.1) is 0 Å². The van der Waals surface area contributed by atoms with Gasteiger partial charge in [0, 0.05) is 15.1 Å². The van der Waals surface area contributed by atoms with Gasteiger partial charge in [0.05, 0.1) is 11.7 Å². The van der Waals surface area contributed by atoms with Crippen molar-refractivity contribution in [3.63, 3.8) is 0 Å². The first-order valence-electron chi connectivity index (χ1n) is 5.79. The van der Waals surface area contributed by atoms with Gasteiger partial charge in [-0.15, -0.1) is 0 Å². The third-order valence-electron chi connectivity index (χ3n) is 2.61. The second-order valence-electron chi connectivity index (χ2n) is 3.94. The van der Waals surface area contributed by atoms with Crippen molar-refractivity contribution in [2.75, 3.05) is 6.54 Å². The molecule has 2 nitrogen and oxygen atoms in total. The molecule has 0 fully saturated rings. The number of nitrogens with zero attached hydrogens (tertiary/aromatic N) is 1. The highest BCUT2D eigenvalue weighted by Crippen LogP contribution is 2.28. The summed E-state index contributed by atoms with van der Waals surface area (Å²) in [6, 6.07) is 2.26. The molecule has 0 saturated carbocycles. The first kappa shape index (κ1) is 14.9. The fourth-order valence-electron chi connectivity index (χ4n) is 1.63. The van der Waals surface area contributed by atoms with Gasteiger partial charge in [0.25, 0.3) is 0 Å². The first-order chi connectivity index (χ1) is 8.08. The highest BCUT2D eigenvalue weighted by Gasteiger charge is 2.16. The summed E-state index contributed by atoms with van der Waals surface area (Å²) >= 11 is 6.99. The molecule has 0 aliphatic rings. The van der Waals surface area contributed by atoms with Gasteiger partial charge in [-0.25, -0.2) is 0 Å². The van der Waals surface area contributed by atoms with Crippen LogP contribution in [0.15, 0.2) is 33.4 Å². The molecule has 1 atom stereocenters. The average molecular weight is 362 g/mol. The van der Waals surface area contributed by atoms with Crippen LogP contribution in [0.2, 0.25) is 0 Å². The lowest BCUT2D eigenvalue weighted by molar-refractivity contribution is 0.528. The lowest BCUT2D eigenvalue weighted by Gasteiger charge is -2.19. The van der Waals surface area contributed by atoms with Crippen LogP contribution < -0.4 is 5.32 Å². The molecule has 0 radical (unpaired) electrons. The maximum Gasteiger partial charge on any atom is 0.0718 e. The highest BCUT2D eigenvalue weighted by molar-refractivity contribution is 9.11. The van der Waals surface area contributed by atoms with Crippen molar-refractivity contribution in [2.24, 2.45) is 0 Å². The highest BCUT2D eigenvalue weighted by atomic mass is 79.9. The van der Waals surface area contributed by atoms with Crippen LogP contribution >= 0.6 is 31.9 Å². The van der Waals surface area contributed by atoms with E-state index in [0.717, 1.165) is 34.0 Å². The van der Waals surface area contributed by atoms with E-state index in [4.69, 9.17) is 0 Å². The third kappa shape index (κ3) is 4.53. The predicted molar refractivity (Wildman–Crippen MR) is 80.1 cm³/mol. The molecule has 1 aromatic heterocycles. The number of rotatable bonds is 6. The minimum absolute atomic E-state index is 0.231. The summed E-state index contributed by atoms with van der Waals surface area (Å²) in [5.41, 5.74) is 2.29. The van der Waals surface area contributed by atoms with Crippen LogP contribution in [0.5, 0.6) is 0 Å². The summed E-state index contributed by atoms with van der Waals surface area (Å²) in [5, 5.41) is 3.46. The topological polar surface area (TPSA) is 24.9 Å². The molecule has 0 aromatic carbocycles. The third-order valence-corrected chi connectivity index (χ3v) is 3.68. The van der Waals surface area contributed by atoms with E-state index in [0.29, 0.717) is 0 Å². The van der Waals surface area contributed by atoms with Gasteiger partial charge in [0.1, 0.15) is 0 Å². The lowest BCUT2D eigenvalue weighted by Crippen LogP contribution is -2.22. The molecular weight excluding hydrogens is 344 g/mol. The minimum atomic E-state index is 0.231. The molecule has 94 valence electrons. The summed E-state index contributed by atoms with van der Waals surface area (Å²) < 4.78 is 2.01. The fraction of sp³-hybridized carbons (Fsp3) is 0.462. The van der Waals surface area contributed by atoms with Crippen LogP contribution in [-0.2, 0) is 0 Å². The number of hydrogen-bond donors (Lipinski definition) is 1. The maximum absolute atomic E-state index is 4.49. The van der Waals surface area contributed by atoms with Crippen molar-refractivity contribution in [2.45, 2.75) is 32.7 Å². The van der Waals surface area contributed by atoms with E-state index in [9.17, 15) is 0 Å². The zero-order valence-electron chi connectivity index (χ0n) is 10.3. The molecule has 17 heavy (non-hydrogen) atoms. The van der Waals surface area contributed by atoms with Crippen molar-refractivity contribution in [3.05, 3.63) is 39.1 Å². The zero-order chi connectivity index (χ0) is 12.8. The van der Waals surface area contributed by atoms with Crippen LogP contribution in [0.25, 0.3) is 0 Å². The Labute approximate surface area is 120 Å². The monoisotopic (exact) mass is 360 g/mol. The average Bonchev–Trinajstić information content (AvgIpc) is 2.28. The van der Waals surface area contributed by atoms with Crippen molar-refractivity contribution in [1.29, 1.82) is 0 Å². The Morgan fingerprint density at radius 1 is 1.47 bits per heavy atom. The molecule has 1 heterocycles. The van der Waals surface area contributed by atoms with E-state index in [1.54, 1.807) is 0 Å². The summed E-state index contributed by atoms with van der Waals surface area (Å²) in [5.74, 6) is 0. The number of hydrogen-bond acceptors (Lipinski definition) is 2. The lowest BCUT2D eigenvalue weighted by atomic mass is 10.0. The molecule has 0 bridgehead atoms. The van der Waals surface area contributed by atoms with E-state index in [1.165, 1.54) is 5.57 Å². The van der Waals surface area contributed by atoms with Crippen LogP contribution in [0.4, 0.5) is 0 Å². The molecule has 0 spiro atoms. The van der Waals surface area contributed by atoms with E-state index >= 15 is 0 Å². The van der Waals surface area contributed by atoms with E-state index in [2.05, 4.69) is 62.6 Å². The SMILES string of the molecule is C=C(CC)CC(NCC)c1ncc(Br)cc1Br. The molecule has 1 aromatic rings. The summed E-state index contributed by atoms with van der Waals surface area (Å²) in [6.45, 7) is 9.24. The normalized spacial score (nSPS) is 12.5. The Morgan fingerprint density at radius 3 is 2.71 bits per heavy atom. The molecule has 1 rings (SSSR count). The van der Waals surface area contributed by atoms with Crippen molar-refractivity contribution < 1.29 is 0 Å². The van der Waals surface area contributed by atoms with Crippen molar-refractivity contribution in [3.8, 4) is 0 Å². The smallest absolute Gasteiger partial charge is 0.0718 e. The standard InChI is InChI=1S/C13H18Br2N2/c1-4-9(3)6-12(16-5-2)13-11(15)7-10(14)8-17-13/h7-8,12,16H,3-6H2,1-2H3. The zero-order valence-corrected chi connectivity index (χ0v) is 13.4. The van der Waals surface area contributed by atoms with Crippen molar-refractivity contribution >= 4 is 31.9 Å². The van der Waals surface area contributed by atoms with E-state index in [-0.39, 0.29) is 6.04 Å². The fourth-order valence-corrected chi connectivity index (χ4v) is 2.89. The summed E-state index contributed by atoms with van der Waals surface area (Å²) in [7, 11) is 0. The first-order valence-corrected chi connectivity index (χ1v) is 7.38. The molecular formula is C13H18Br2N2. The van der Waals surface area contributed by atoms with Gasteiger partial charge in [-0.1, -0.05) is 26.0 Å². The van der Waals surface area contributed by atoms with Crippen LogP contribution in [0.3, 0.4) is 0 Å². The van der Waals surface area contributed by atoms with Crippen LogP contribution in [-0.4, -0.2) is 11.5 Å². The van der Waals surface area contributed by atoms with Gasteiger partial charge in [0.15, 0.2) is 0 Å². The summed E-state index contributed by atoms with van der Waals surface area (Å²) in [4.78, 5) is 4.49. The second-order valence-corrected chi connectivity index (χ2v) is 5.71. The van der Waals surface area contributed by atoms with Gasteiger partial charge >= 0.3 is 0 Å². The Bertz CT molecular complexity index is 391. The largest absolute Gasteiger partial charge is 0.309 e. The maximum atomic E-state index is 4.49. The molecule has 0 aliphatic heterocycles. The van der Waals surface area contributed by atoms with Crippen molar-refractivity contribution in [1.82, 2.24) is 10.3 Å². The molecule has 4 heteroatoms. The predicted octanol–water partition coefficient (Wildman–Crippen LogP) is 4.61. The Kier molecular flexibility index (Phi) is 6.38. The van der Waals surface area contributed by atoms with Gasteiger partial charge in [-0.2, -0.15) is 0 Å². The molecule has 1 N–H and O–H groups in total. The minimum Gasteiger partial charge on any atom is -0.309 e. The number of pyridine rings is 1. The number of halogens is 2. The molecule has 0 aliphatic carbocycles. The number of aromatic nitrogens is 1. The molecule has 0 saturated heterocycles. The van der Waals surface area contributed by atoms with Gasteiger partial charge in [-0.05, 0) is 57.3 Å². The quantitative estimate of drug-likeness (QED) is 0.748. The second kappa shape index (κ2) is 7.29. The summed E-state index contributed by atoms with van der Waals surface area (Å²) in [6.07, 6.45) is 3.77.